The summed E-state index contributed by atoms with van der Waals surface area (Å²) in [4.78, 5) is 32.0. The predicted molar refractivity (Wildman–Crippen MR) is 130 cm³/mol. The smallest absolute Gasteiger partial charge is 0.234 e. The number of ether oxygens (including phenoxy) is 1. The SMILES string of the molecule is COc1ccc2nccc(N3CCC(C(=O)Nc4ccc5c(c4)C(C)(C)C(=O)N5)CC3)c2c1. The monoisotopic (exact) mass is 444 g/mol. The third kappa shape index (κ3) is 3.77. The first-order chi connectivity index (χ1) is 15.9. The van der Waals surface area contributed by atoms with Gasteiger partial charge in [-0.2, -0.15) is 0 Å². The minimum atomic E-state index is -0.600. The van der Waals surface area contributed by atoms with Crippen LogP contribution in [0.5, 0.6) is 5.75 Å². The Morgan fingerprint density at radius 2 is 1.94 bits per heavy atom. The Morgan fingerprint density at radius 1 is 1.15 bits per heavy atom. The van der Waals surface area contributed by atoms with E-state index < -0.39 is 5.41 Å². The summed E-state index contributed by atoms with van der Waals surface area (Å²) in [6, 6.07) is 13.6. The molecule has 0 radical (unpaired) electrons. The Balaban J connectivity index is 1.27. The normalized spacial score (nSPS) is 17.5. The van der Waals surface area contributed by atoms with Crippen molar-refractivity contribution in [3.63, 3.8) is 0 Å². The van der Waals surface area contributed by atoms with Crippen LogP contribution in [-0.2, 0) is 15.0 Å². The molecular formula is C26H28N4O3. The molecule has 3 aromatic rings. The zero-order valence-corrected chi connectivity index (χ0v) is 19.1. The van der Waals surface area contributed by atoms with E-state index in [0.29, 0.717) is 0 Å². The maximum absolute atomic E-state index is 13.0. The van der Waals surface area contributed by atoms with E-state index in [1.165, 1.54) is 0 Å². The highest BCUT2D eigenvalue weighted by Gasteiger charge is 2.38. The number of hydrogen-bond acceptors (Lipinski definition) is 5. The predicted octanol–water partition coefficient (Wildman–Crippen LogP) is 4.33. The van der Waals surface area contributed by atoms with Crippen LogP contribution in [0.1, 0.15) is 32.3 Å². The minimum Gasteiger partial charge on any atom is -0.497 e. The summed E-state index contributed by atoms with van der Waals surface area (Å²) in [6.45, 7) is 5.38. The van der Waals surface area contributed by atoms with Crippen LogP contribution in [0, 0.1) is 5.92 Å². The lowest BCUT2D eigenvalue weighted by atomic mass is 9.86. The number of pyridine rings is 1. The topological polar surface area (TPSA) is 83.6 Å². The third-order valence-corrected chi connectivity index (χ3v) is 6.91. The summed E-state index contributed by atoms with van der Waals surface area (Å²) in [7, 11) is 1.66. The van der Waals surface area contributed by atoms with Crippen molar-refractivity contribution in [2.75, 3.05) is 35.7 Å². The fourth-order valence-corrected chi connectivity index (χ4v) is 4.79. The van der Waals surface area contributed by atoms with Gasteiger partial charge in [0.25, 0.3) is 0 Å². The van der Waals surface area contributed by atoms with Crippen LogP contribution < -0.4 is 20.3 Å². The average molecular weight is 445 g/mol. The van der Waals surface area contributed by atoms with Crippen molar-refractivity contribution in [3.8, 4) is 5.75 Å². The van der Waals surface area contributed by atoms with E-state index in [9.17, 15) is 9.59 Å². The molecule has 2 aliphatic rings. The van der Waals surface area contributed by atoms with Crippen LogP contribution >= 0.6 is 0 Å². The Hall–Kier alpha value is -3.61. The van der Waals surface area contributed by atoms with Crippen LogP contribution in [0.4, 0.5) is 17.1 Å². The summed E-state index contributed by atoms with van der Waals surface area (Å²) in [5.74, 6) is 0.769. The molecule has 7 heteroatoms. The molecule has 5 rings (SSSR count). The number of rotatable bonds is 4. The van der Waals surface area contributed by atoms with Gasteiger partial charge in [-0.1, -0.05) is 0 Å². The first kappa shape index (κ1) is 21.2. The van der Waals surface area contributed by atoms with Gasteiger partial charge in [0.05, 0.1) is 18.0 Å². The number of anilines is 3. The van der Waals surface area contributed by atoms with Gasteiger partial charge in [-0.25, -0.2) is 0 Å². The van der Waals surface area contributed by atoms with Crippen LogP contribution in [-0.4, -0.2) is 37.0 Å². The number of carbonyl (C=O) groups excluding carboxylic acids is 2. The van der Waals surface area contributed by atoms with Crippen molar-refractivity contribution in [1.82, 2.24) is 4.98 Å². The maximum atomic E-state index is 13.0. The highest BCUT2D eigenvalue weighted by atomic mass is 16.5. The molecular weight excluding hydrogens is 416 g/mol. The molecule has 1 aromatic heterocycles. The number of carbonyl (C=O) groups is 2. The molecule has 2 aromatic carbocycles. The quantitative estimate of drug-likeness (QED) is 0.626. The maximum Gasteiger partial charge on any atom is 0.234 e. The first-order valence-corrected chi connectivity index (χ1v) is 11.3. The largest absolute Gasteiger partial charge is 0.497 e. The molecule has 3 heterocycles. The van der Waals surface area contributed by atoms with Crippen molar-refractivity contribution < 1.29 is 14.3 Å². The lowest BCUT2D eigenvalue weighted by molar-refractivity contribution is -0.120. The number of aromatic nitrogens is 1. The van der Waals surface area contributed by atoms with Crippen molar-refractivity contribution in [1.29, 1.82) is 0 Å². The molecule has 1 fully saturated rings. The van der Waals surface area contributed by atoms with Gasteiger partial charge in [-0.05, 0) is 74.7 Å². The van der Waals surface area contributed by atoms with Gasteiger partial charge in [-0.3, -0.25) is 14.6 Å². The summed E-state index contributed by atoms with van der Waals surface area (Å²) >= 11 is 0. The van der Waals surface area contributed by atoms with E-state index in [1.807, 2.05) is 62.5 Å². The molecule has 0 spiro atoms. The standard InChI is InChI=1S/C26H28N4O3/c1-26(2)20-14-17(4-6-22(20)29-25(26)32)28-24(31)16-9-12-30(13-10-16)23-8-11-27-21-7-5-18(33-3)15-19(21)23/h4-8,11,14-16H,9-10,12-13H2,1-3H3,(H,28,31)(H,29,32). The molecule has 33 heavy (non-hydrogen) atoms. The Bertz CT molecular complexity index is 1250. The molecule has 7 nitrogen and oxygen atoms in total. The van der Waals surface area contributed by atoms with Gasteiger partial charge in [0.2, 0.25) is 11.8 Å². The molecule has 0 bridgehead atoms. The third-order valence-electron chi connectivity index (χ3n) is 6.91. The van der Waals surface area contributed by atoms with Crippen molar-refractivity contribution >= 4 is 39.8 Å². The van der Waals surface area contributed by atoms with Crippen molar-refractivity contribution in [3.05, 3.63) is 54.2 Å². The van der Waals surface area contributed by atoms with E-state index in [1.54, 1.807) is 7.11 Å². The van der Waals surface area contributed by atoms with Gasteiger partial charge in [-0.15, -0.1) is 0 Å². The summed E-state index contributed by atoms with van der Waals surface area (Å²) in [6.07, 6.45) is 3.38. The molecule has 0 unspecified atom stereocenters. The second-order valence-electron chi connectivity index (χ2n) is 9.30. The van der Waals surface area contributed by atoms with Crippen LogP contribution in [0.2, 0.25) is 0 Å². The number of hydrogen-bond donors (Lipinski definition) is 2. The highest BCUT2D eigenvalue weighted by molar-refractivity contribution is 6.06. The molecule has 0 aliphatic carbocycles. The number of fused-ring (bicyclic) bond motifs is 2. The van der Waals surface area contributed by atoms with Gasteiger partial charge in [0.15, 0.2) is 0 Å². The fraction of sp³-hybridized carbons (Fsp3) is 0.346. The second kappa shape index (κ2) is 8.06. The number of benzene rings is 2. The highest BCUT2D eigenvalue weighted by Crippen LogP contribution is 2.39. The van der Waals surface area contributed by atoms with Gasteiger partial charge < -0.3 is 20.3 Å². The molecule has 2 aliphatic heterocycles. The van der Waals surface area contributed by atoms with E-state index >= 15 is 0 Å². The number of methoxy groups -OCH3 is 1. The Labute approximate surface area is 193 Å². The molecule has 2 N–H and O–H groups in total. The zero-order chi connectivity index (χ0) is 23.2. The number of piperidine rings is 1. The van der Waals surface area contributed by atoms with E-state index in [4.69, 9.17) is 4.74 Å². The fourth-order valence-electron chi connectivity index (χ4n) is 4.79. The number of nitrogens with one attached hydrogen (secondary N) is 2. The van der Waals surface area contributed by atoms with E-state index in [0.717, 1.165) is 65.2 Å². The van der Waals surface area contributed by atoms with Gasteiger partial charge >= 0.3 is 0 Å². The van der Waals surface area contributed by atoms with Crippen molar-refractivity contribution in [2.45, 2.75) is 32.1 Å². The summed E-state index contributed by atoms with van der Waals surface area (Å²) in [5, 5.41) is 7.03. The molecule has 170 valence electrons. The Morgan fingerprint density at radius 3 is 2.70 bits per heavy atom. The van der Waals surface area contributed by atoms with Crippen LogP contribution in [0.25, 0.3) is 10.9 Å². The number of nitrogens with zero attached hydrogens (tertiary/aromatic N) is 2. The minimum absolute atomic E-state index is 0.0189. The van der Waals surface area contributed by atoms with Crippen LogP contribution in [0.3, 0.4) is 0 Å². The Kier molecular flexibility index (Phi) is 5.19. The zero-order valence-electron chi connectivity index (χ0n) is 19.1. The van der Waals surface area contributed by atoms with E-state index in [2.05, 4.69) is 20.5 Å². The lowest BCUT2D eigenvalue weighted by Crippen LogP contribution is -2.38. The summed E-state index contributed by atoms with van der Waals surface area (Å²) < 4.78 is 5.39. The first-order valence-electron chi connectivity index (χ1n) is 11.3. The number of amides is 2. The van der Waals surface area contributed by atoms with E-state index in [-0.39, 0.29) is 17.7 Å². The molecule has 2 amide bonds. The second-order valence-corrected chi connectivity index (χ2v) is 9.30. The molecule has 1 saturated heterocycles. The lowest BCUT2D eigenvalue weighted by Gasteiger charge is -2.33. The molecule has 0 atom stereocenters. The van der Waals surface area contributed by atoms with Gasteiger partial charge in [0, 0.05) is 47.7 Å². The van der Waals surface area contributed by atoms with Crippen molar-refractivity contribution in [2.24, 2.45) is 5.92 Å². The average Bonchev–Trinajstić information content (AvgIpc) is 3.06. The van der Waals surface area contributed by atoms with Gasteiger partial charge in [0.1, 0.15) is 5.75 Å². The molecule has 0 saturated carbocycles. The van der Waals surface area contributed by atoms with Crippen LogP contribution in [0.15, 0.2) is 48.7 Å². The summed E-state index contributed by atoms with van der Waals surface area (Å²) in [5.41, 5.74) is 3.92.